The number of benzene rings is 1. The monoisotopic (exact) mass is 319 g/mol. The first kappa shape index (κ1) is 15.3. The van der Waals surface area contributed by atoms with E-state index in [-0.39, 0.29) is 11.7 Å². The minimum absolute atomic E-state index is 0.0452. The molecular formula is C17H18ClNO3. The Kier molecular flexibility index (Phi) is 3.62. The number of rotatable bonds is 2. The molecule has 3 rings (SSSR count). The van der Waals surface area contributed by atoms with Gasteiger partial charge in [-0.3, -0.25) is 4.79 Å². The van der Waals surface area contributed by atoms with Gasteiger partial charge in [0.2, 0.25) is 0 Å². The van der Waals surface area contributed by atoms with Gasteiger partial charge in [-0.1, -0.05) is 28.9 Å². The second-order valence-electron chi connectivity index (χ2n) is 6.25. The van der Waals surface area contributed by atoms with Crippen LogP contribution in [0.4, 0.5) is 0 Å². The van der Waals surface area contributed by atoms with Gasteiger partial charge in [-0.05, 0) is 38.5 Å². The topological polar surface area (TPSA) is 63.3 Å². The molecule has 0 radical (unpaired) electrons. The van der Waals surface area contributed by atoms with E-state index < -0.39 is 11.5 Å². The average Bonchev–Trinajstić information content (AvgIpc) is 2.77. The number of fused-ring (bicyclic) bond motifs is 1. The fourth-order valence-electron chi connectivity index (χ4n) is 3.63. The third-order valence-electron chi connectivity index (χ3n) is 4.49. The van der Waals surface area contributed by atoms with E-state index in [1.165, 1.54) is 6.92 Å². The molecule has 0 unspecified atom stereocenters. The van der Waals surface area contributed by atoms with Crippen molar-refractivity contribution in [3.05, 3.63) is 51.9 Å². The van der Waals surface area contributed by atoms with Gasteiger partial charge in [0, 0.05) is 22.9 Å². The van der Waals surface area contributed by atoms with Crippen LogP contribution in [0.5, 0.6) is 0 Å². The van der Waals surface area contributed by atoms with Crippen LogP contribution in [0.25, 0.3) is 0 Å². The van der Waals surface area contributed by atoms with Crippen molar-refractivity contribution in [3.63, 3.8) is 0 Å². The molecule has 3 atom stereocenters. The lowest BCUT2D eigenvalue weighted by Crippen LogP contribution is -2.48. The number of carbonyl (C=O) groups excluding carboxylic acids is 1. The van der Waals surface area contributed by atoms with Crippen LogP contribution < -0.4 is 0 Å². The van der Waals surface area contributed by atoms with Gasteiger partial charge in [0.05, 0.1) is 17.2 Å². The molecule has 5 heteroatoms. The molecule has 0 fully saturated rings. The average molecular weight is 320 g/mol. The van der Waals surface area contributed by atoms with Crippen molar-refractivity contribution in [1.29, 1.82) is 0 Å². The van der Waals surface area contributed by atoms with Crippen LogP contribution in [0.15, 0.2) is 28.8 Å². The van der Waals surface area contributed by atoms with E-state index in [2.05, 4.69) is 5.16 Å². The molecule has 0 bridgehead atoms. The molecule has 1 aliphatic carbocycles. The number of carbonyl (C=O) groups is 1. The van der Waals surface area contributed by atoms with Gasteiger partial charge in [0.1, 0.15) is 11.5 Å². The molecule has 0 saturated heterocycles. The van der Waals surface area contributed by atoms with Crippen LogP contribution in [0, 0.1) is 12.8 Å². The first-order valence-corrected chi connectivity index (χ1v) is 7.62. The standard InChI is InChI=1S/C17H18ClNO3/c1-9(20)16-15(11-4-6-12(18)7-5-11)14-10(2)22-19-13(14)8-17(16,3)21/h4-7,15-16,21H,8H2,1-3H3/t15-,16+,17+/m1/s1. The highest BCUT2D eigenvalue weighted by molar-refractivity contribution is 6.30. The molecule has 4 nitrogen and oxygen atoms in total. The second kappa shape index (κ2) is 5.21. The third-order valence-corrected chi connectivity index (χ3v) is 4.74. The van der Waals surface area contributed by atoms with E-state index in [9.17, 15) is 9.90 Å². The molecule has 1 aliphatic rings. The highest BCUT2D eigenvalue weighted by atomic mass is 35.5. The van der Waals surface area contributed by atoms with Gasteiger partial charge in [-0.25, -0.2) is 0 Å². The van der Waals surface area contributed by atoms with Crippen LogP contribution in [-0.4, -0.2) is 21.6 Å². The largest absolute Gasteiger partial charge is 0.389 e. The van der Waals surface area contributed by atoms with Crippen LogP contribution in [0.1, 0.15) is 42.3 Å². The summed E-state index contributed by atoms with van der Waals surface area (Å²) in [5, 5.41) is 15.5. The summed E-state index contributed by atoms with van der Waals surface area (Å²) in [6.45, 7) is 5.05. The predicted molar refractivity (Wildman–Crippen MR) is 83.0 cm³/mol. The van der Waals surface area contributed by atoms with Crippen LogP contribution in [0.3, 0.4) is 0 Å². The fourth-order valence-corrected chi connectivity index (χ4v) is 3.75. The summed E-state index contributed by atoms with van der Waals surface area (Å²) in [7, 11) is 0. The van der Waals surface area contributed by atoms with E-state index in [4.69, 9.17) is 16.1 Å². The van der Waals surface area contributed by atoms with Crippen LogP contribution >= 0.6 is 11.6 Å². The zero-order valence-electron chi connectivity index (χ0n) is 12.8. The SMILES string of the molecule is CC(=O)[C@H]1[C@H](c2ccc(Cl)cc2)c2c(noc2C)C[C@]1(C)O. The lowest BCUT2D eigenvalue weighted by Gasteiger charge is -2.40. The summed E-state index contributed by atoms with van der Waals surface area (Å²) in [6, 6.07) is 7.36. The molecular weight excluding hydrogens is 302 g/mol. The van der Waals surface area contributed by atoms with Gasteiger partial charge in [-0.15, -0.1) is 0 Å². The highest BCUT2D eigenvalue weighted by Gasteiger charge is 2.49. The number of halogens is 1. The Morgan fingerprint density at radius 2 is 2.05 bits per heavy atom. The Hall–Kier alpha value is -1.65. The van der Waals surface area contributed by atoms with Crippen molar-refractivity contribution in [2.75, 3.05) is 0 Å². The molecule has 0 amide bonds. The Bertz CT molecular complexity index is 718. The summed E-state index contributed by atoms with van der Waals surface area (Å²) in [6.07, 6.45) is 0.314. The zero-order chi connectivity index (χ0) is 16.1. The second-order valence-corrected chi connectivity index (χ2v) is 6.69. The third kappa shape index (κ3) is 2.36. The molecule has 1 aromatic heterocycles. The number of aryl methyl sites for hydroxylation is 1. The van der Waals surface area contributed by atoms with Crippen LogP contribution in [-0.2, 0) is 11.2 Å². The number of aliphatic hydroxyl groups is 1. The summed E-state index contributed by atoms with van der Waals surface area (Å²) in [5.41, 5.74) is 1.40. The Morgan fingerprint density at radius 1 is 1.41 bits per heavy atom. The Labute approximate surface area is 134 Å². The number of hydrogen-bond acceptors (Lipinski definition) is 4. The summed E-state index contributed by atoms with van der Waals surface area (Å²) >= 11 is 5.97. The number of Topliss-reactive ketones (excluding diaryl/α,β-unsaturated/α-hetero) is 1. The maximum Gasteiger partial charge on any atom is 0.137 e. The van der Waals surface area contributed by atoms with Crippen molar-refractivity contribution in [2.24, 2.45) is 5.92 Å². The molecule has 2 aromatic rings. The Morgan fingerprint density at radius 3 is 2.64 bits per heavy atom. The zero-order valence-corrected chi connectivity index (χ0v) is 13.5. The van der Waals surface area contributed by atoms with E-state index in [0.717, 1.165) is 16.8 Å². The molecule has 1 N–H and O–H groups in total. The molecule has 116 valence electrons. The molecule has 0 saturated carbocycles. The van der Waals surface area contributed by atoms with E-state index in [1.807, 2.05) is 19.1 Å². The molecule has 1 aromatic carbocycles. The minimum Gasteiger partial charge on any atom is -0.389 e. The lowest BCUT2D eigenvalue weighted by atomic mass is 9.64. The van der Waals surface area contributed by atoms with Gasteiger partial charge in [0.15, 0.2) is 0 Å². The first-order valence-electron chi connectivity index (χ1n) is 7.24. The quantitative estimate of drug-likeness (QED) is 0.922. The molecule has 0 aliphatic heterocycles. The Balaban J connectivity index is 2.23. The lowest BCUT2D eigenvalue weighted by molar-refractivity contribution is -0.130. The smallest absolute Gasteiger partial charge is 0.137 e. The van der Waals surface area contributed by atoms with Gasteiger partial charge in [0.25, 0.3) is 0 Å². The van der Waals surface area contributed by atoms with Crippen molar-refractivity contribution >= 4 is 17.4 Å². The van der Waals surface area contributed by atoms with Crippen LogP contribution in [0.2, 0.25) is 5.02 Å². The van der Waals surface area contributed by atoms with Gasteiger partial charge < -0.3 is 9.63 Å². The van der Waals surface area contributed by atoms with Gasteiger partial charge in [-0.2, -0.15) is 0 Å². The van der Waals surface area contributed by atoms with Crippen molar-refractivity contribution in [3.8, 4) is 0 Å². The minimum atomic E-state index is -1.16. The summed E-state index contributed by atoms with van der Waals surface area (Å²) < 4.78 is 5.32. The van der Waals surface area contributed by atoms with E-state index >= 15 is 0 Å². The first-order chi connectivity index (χ1) is 10.3. The normalized spacial score (nSPS) is 27.5. The number of hydrogen-bond donors (Lipinski definition) is 1. The fraction of sp³-hybridized carbons (Fsp3) is 0.412. The summed E-state index contributed by atoms with van der Waals surface area (Å²) in [4.78, 5) is 12.3. The molecule has 22 heavy (non-hydrogen) atoms. The molecule has 1 heterocycles. The van der Waals surface area contributed by atoms with Gasteiger partial charge >= 0.3 is 0 Å². The number of nitrogens with zero attached hydrogens (tertiary/aromatic N) is 1. The van der Waals surface area contributed by atoms with E-state index in [0.29, 0.717) is 17.2 Å². The number of aromatic nitrogens is 1. The van der Waals surface area contributed by atoms with Crippen molar-refractivity contribution < 1.29 is 14.4 Å². The maximum atomic E-state index is 12.3. The maximum absolute atomic E-state index is 12.3. The van der Waals surface area contributed by atoms with Crippen molar-refractivity contribution in [2.45, 2.75) is 38.7 Å². The predicted octanol–water partition coefficient (Wildman–Crippen LogP) is 3.28. The molecule has 0 spiro atoms. The number of ketones is 1. The summed E-state index contributed by atoms with van der Waals surface area (Å²) in [5.74, 6) is -0.174. The van der Waals surface area contributed by atoms with E-state index in [1.54, 1.807) is 19.1 Å². The highest BCUT2D eigenvalue weighted by Crippen LogP contribution is 2.47. The van der Waals surface area contributed by atoms with Crippen molar-refractivity contribution in [1.82, 2.24) is 5.16 Å².